The summed E-state index contributed by atoms with van der Waals surface area (Å²) in [6.07, 6.45) is 2.74. The Labute approximate surface area is 119 Å². The first-order valence-corrected chi connectivity index (χ1v) is 5.98. The van der Waals surface area contributed by atoms with Crippen molar-refractivity contribution < 1.29 is 14.7 Å². The van der Waals surface area contributed by atoms with Crippen molar-refractivity contribution in [2.45, 2.75) is 6.92 Å². The van der Waals surface area contributed by atoms with Crippen molar-refractivity contribution in [2.24, 2.45) is 0 Å². The number of anilines is 1. The highest BCUT2D eigenvalue weighted by Gasteiger charge is 2.17. The lowest BCUT2D eigenvalue weighted by Crippen LogP contribution is -2.18. The SMILES string of the molecule is Cc1cc(NC(=O)c2ncccc2C(=O)O)cnc1Cl. The Kier molecular flexibility index (Phi) is 3.95. The van der Waals surface area contributed by atoms with Gasteiger partial charge in [-0.05, 0) is 30.7 Å². The molecule has 0 unspecified atom stereocenters. The van der Waals surface area contributed by atoms with E-state index in [4.69, 9.17) is 16.7 Å². The van der Waals surface area contributed by atoms with Crippen LogP contribution in [-0.4, -0.2) is 27.0 Å². The van der Waals surface area contributed by atoms with Crippen LogP contribution in [0.3, 0.4) is 0 Å². The molecule has 6 nitrogen and oxygen atoms in total. The molecule has 20 heavy (non-hydrogen) atoms. The molecule has 7 heteroatoms. The first-order chi connectivity index (χ1) is 9.49. The van der Waals surface area contributed by atoms with Gasteiger partial charge in [0.2, 0.25) is 0 Å². The van der Waals surface area contributed by atoms with Crippen molar-refractivity contribution in [1.29, 1.82) is 0 Å². The number of carboxylic acid groups (broad SMARTS) is 1. The molecule has 1 amide bonds. The summed E-state index contributed by atoms with van der Waals surface area (Å²) >= 11 is 5.79. The van der Waals surface area contributed by atoms with E-state index in [1.165, 1.54) is 24.5 Å². The minimum atomic E-state index is -1.21. The van der Waals surface area contributed by atoms with Crippen LogP contribution >= 0.6 is 11.6 Å². The maximum absolute atomic E-state index is 12.0. The largest absolute Gasteiger partial charge is 0.478 e. The fraction of sp³-hybridized carbons (Fsp3) is 0.0769. The molecule has 2 N–H and O–H groups in total. The van der Waals surface area contributed by atoms with E-state index in [0.29, 0.717) is 16.4 Å². The fourth-order valence-electron chi connectivity index (χ4n) is 1.58. The number of amides is 1. The van der Waals surface area contributed by atoms with Gasteiger partial charge in [0.1, 0.15) is 10.8 Å². The number of aromatic nitrogens is 2. The van der Waals surface area contributed by atoms with Gasteiger partial charge in [-0.3, -0.25) is 9.78 Å². The molecule has 0 aliphatic heterocycles. The molecule has 0 atom stereocenters. The second-order valence-corrected chi connectivity index (χ2v) is 4.35. The molecule has 0 saturated heterocycles. The number of halogens is 1. The Bertz CT molecular complexity index is 688. The van der Waals surface area contributed by atoms with Gasteiger partial charge in [0, 0.05) is 6.20 Å². The zero-order valence-electron chi connectivity index (χ0n) is 10.4. The van der Waals surface area contributed by atoms with Gasteiger partial charge in [-0.15, -0.1) is 0 Å². The van der Waals surface area contributed by atoms with Crippen LogP contribution in [0.5, 0.6) is 0 Å². The Morgan fingerprint density at radius 3 is 2.75 bits per heavy atom. The Balaban J connectivity index is 2.28. The van der Waals surface area contributed by atoms with Crippen LogP contribution in [0.15, 0.2) is 30.6 Å². The van der Waals surface area contributed by atoms with Crippen molar-refractivity contribution in [3.8, 4) is 0 Å². The van der Waals surface area contributed by atoms with E-state index in [9.17, 15) is 9.59 Å². The number of pyridine rings is 2. The number of carbonyl (C=O) groups is 2. The monoisotopic (exact) mass is 291 g/mol. The molecule has 2 rings (SSSR count). The molecule has 2 heterocycles. The maximum atomic E-state index is 12.0. The summed E-state index contributed by atoms with van der Waals surface area (Å²) in [6.45, 7) is 1.74. The smallest absolute Gasteiger partial charge is 0.338 e. The second kappa shape index (κ2) is 5.66. The van der Waals surface area contributed by atoms with Gasteiger partial charge in [-0.25, -0.2) is 9.78 Å². The fourth-order valence-corrected chi connectivity index (χ4v) is 1.68. The molecule has 0 aromatic carbocycles. The summed E-state index contributed by atoms with van der Waals surface area (Å²) < 4.78 is 0. The van der Waals surface area contributed by atoms with E-state index < -0.39 is 11.9 Å². The van der Waals surface area contributed by atoms with E-state index >= 15 is 0 Å². The second-order valence-electron chi connectivity index (χ2n) is 3.99. The summed E-state index contributed by atoms with van der Waals surface area (Å²) in [6, 6.07) is 4.40. The number of carbonyl (C=O) groups excluding carboxylic acids is 1. The molecule has 0 fully saturated rings. The predicted molar refractivity (Wildman–Crippen MR) is 73.1 cm³/mol. The summed E-state index contributed by atoms with van der Waals surface area (Å²) in [4.78, 5) is 30.8. The Morgan fingerprint density at radius 2 is 2.10 bits per heavy atom. The Morgan fingerprint density at radius 1 is 1.35 bits per heavy atom. The lowest BCUT2D eigenvalue weighted by Gasteiger charge is -2.07. The number of carboxylic acids is 1. The number of nitrogens with one attached hydrogen (secondary N) is 1. The van der Waals surface area contributed by atoms with Gasteiger partial charge in [-0.2, -0.15) is 0 Å². The van der Waals surface area contributed by atoms with Crippen molar-refractivity contribution >= 4 is 29.2 Å². The molecule has 0 spiro atoms. The minimum absolute atomic E-state index is 0.160. The molecular weight excluding hydrogens is 282 g/mol. The molecule has 2 aromatic heterocycles. The zero-order chi connectivity index (χ0) is 14.7. The summed E-state index contributed by atoms with van der Waals surface area (Å²) in [5.41, 5.74) is 0.791. The standard InChI is InChI=1S/C13H10ClN3O3/c1-7-5-8(6-16-11(7)14)17-12(18)10-9(13(19)20)3-2-4-15-10/h2-6H,1H3,(H,17,18)(H,19,20). The molecule has 2 aromatic rings. The predicted octanol–water partition coefficient (Wildman–Crippen LogP) is 2.39. The van der Waals surface area contributed by atoms with E-state index in [0.717, 1.165) is 0 Å². The Hall–Kier alpha value is -2.47. The molecule has 0 aliphatic carbocycles. The van der Waals surface area contributed by atoms with E-state index in [2.05, 4.69) is 15.3 Å². The van der Waals surface area contributed by atoms with Gasteiger partial charge in [0.15, 0.2) is 0 Å². The van der Waals surface area contributed by atoms with Crippen molar-refractivity contribution in [2.75, 3.05) is 5.32 Å². The van der Waals surface area contributed by atoms with Crippen LogP contribution in [0.2, 0.25) is 5.15 Å². The van der Waals surface area contributed by atoms with Crippen molar-refractivity contribution in [1.82, 2.24) is 9.97 Å². The van der Waals surface area contributed by atoms with E-state index in [-0.39, 0.29) is 11.3 Å². The lowest BCUT2D eigenvalue weighted by molar-refractivity contribution is 0.0691. The first kappa shape index (κ1) is 14.0. The highest BCUT2D eigenvalue weighted by Crippen LogP contribution is 2.17. The van der Waals surface area contributed by atoms with Crippen LogP contribution in [0.25, 0.3) is 0 Å². The van der Waals surface area contributed by atoms with Crippen molar-refractivity contribution in [3.63, 3.8) is 0 Å². The molecule has 0 bridgehead atoms. The van der Waals surface area contributed by atoms with E-state index in [1.54, 1.807) is 13.0 Å². The van der Waals surface area contributed by atoms with Crippen LogP contribution in [0, 0.1) is 6.92 Å². The van der Waals surface area contributed by atoms with Gasteiger partial charge in [-0.1, -0.05) is 11.6 Å². The third-order valence-electron chi connectivity index (χ3n) is 2.53. The highest BCUT2D eigenvalue weighted by atomic mass is 35.5. The summed E-state index contributed by atoms with van der Waals surface area (Å²) in [7, 11) is 0. The molecule has 102 valence electrons. The number of aromatic carboxylic acids is 1. The normalized spacial score (nSPS) is 10.1. The van der Waals surface area contributed by atoms with E-state index in [1.807, 2.05) is 0 Å². The van der Waals surface area contributed by atoms with Crippen molar-refractivity contribution in [3.05, 3.63) is 52.6 Å². The van der Waals surface area contributed by atoms with Gasteiger partial charge >= 0.3 is 5.97 Å². The zero-order valence-corrected chi connectivity index (χ0v) is 11.2. The first-order valence-electron chi connectivity index (χ1n) is 5.61. The molecule has 0 radical (unpaired) electrons. The third kappa shape index (κ3) is 2.92. The lowest BCUT2D eigenvalue weighted by atomic mass is 10.2. The molecule has 0 aliphatic rings. The highest BCUT2D eigenvalue weighted by molar-refractivity contribution is 6.30. The number of hydrogen-bond acceptors (Lipinski definition) is 4. The number of rotatable bonds is 3. The average molecular weight is 292 g/mol. The number of nitrogens with zero attached hydrogens (tertiary/aromatic N) is 2. The number of aryl methyl sites for hydroxylation is 1. The average Bonchev–Trinajstić information content (AvgIpc) is 2.43. The van der Waals surface area contributed by atoms with Crippen LogP contribution in [0.4, 0.5) is 5.69 Å². The molecule has 0 saturated carbocycles. The van der Waals surface area contributed by atoms with Crippen LogP contribution in [0.1, 0.15) is 26.4 Å². The van der Waals surface area contributed by atoms with Gasteiger partial charge in [0.25, 0.3) is 5.91 Å². The van der Waals surface area contributed by atoms with Gasteiger partial charge in [0.05, 0.1) is 17.4 Å². The third-order valence-corrected chi connectivity index (χ3v) is 2.92. The number of hydrogen-bond donors (Lipinski definition) is 2. The summed E-state index contributed by atoms with van der Waals surface area (Å²) in [5.74, 6) is -1.83. The quantitative estimate of drug-likeness (QED) is 0.847. The maximum Gasteiger partial charge on any atom is 0.338 e. The minimum Gasteiger partial charge on any atom is -0.478 e. The summed E-state index contributed by atoms with van der Waals surface area (Å²) in [5, 5.41) is 11.9. The van der Waals surface area contributed by atoms with Crippen LogP contribution in [-0.2, 0) is 0 Å². The van der Waals surface area contributed by atoms with Crippen LogP contribution < -0.4 is 5.32 Å². The topological polar surface area (TPSA) is 92.2 Å². The van der Waals surface area contributed by atoms with Gasteiger partial charge < -0.3 is 10.4 Å². The molecular formula is C13H10ClN3O3.